The van der Waals surface area contributed by atoms with E-state index in [0.29, 0.717) is 0 Å². The second kappa shape index (κ2) is 5.59. The highest BCUT2D eigenvalue weighted by atomic mass is 14.3. The number of hydrogen-bond donors (Lipinski definition) is 0. The molecule has 0 fully saturated rings. The minimum atomic E-state index is -0.310. The molecule has 0 rings (SSSR count). The van der Waals surface area contributed by atoms with E-state index >= 15 is 0 Å². The zero-order valence-electron chi connectivity index (χ0n) is 8.93. The van der Waals surface area contributed by atoms with Gasteiger partial charge in [-0.3, -0.25) is 0 Å². The zero-order chi connectivity index (χ0) is 10.3. The molecule has 0 heterocycles. The summed E-state index contributed by atoms with van der Waals surface area (Å²) in [5.41, 5.74) is 0.895. The number of rotatable bonds is 5. The Balaban J connectivity index is 4.76. The molecule has 0 aromatic rings. The van der Waals surface area contributed by atoms with Gasteiger partial charge in [0.15, 0.2) is 0 Å². The fraction of sp³-hybridized carbons (Fsp3) is 0.583. The minimum Gasteiger partial charge on any atom is -0.197 e. The Morgan fingerprint density at radius 3 is 2.46 bits per heavy atom. The quantitative estimate of drug-likeness (QED) is 0.585. The van der Waals surface area contributed by atoms with Gasteiger partial charge < -0.3 is 0 Å². The number of nitrogens with zero attached hydrogens (tertiary/aromatic N) is 1. The van der Waals surface area contributed by atoms with Gasteiger partial charge in [0, 0.05) is 0 Å². The lowest BCUT2D eigenvalue weighted by molar-refractivity contribution is 0.460. The molecular weight excluding hydrogens is 158 g/mol. The van der Waals surface area contributed by atoms with Crippen LogP contribution >= 0.6 is 0 Å². The molecule has 0 N–H and O–H groups in total. The molecule has 72 valence electrons. The van der Waals surface area contributed by atoms with Crippen LogP contribution in [0, 0.1) is 16.7 Å². The molecule has 13 heavy (non-hydrogen) atoms. The molecule has 0 aromatic carbocycles. The third-order valence-corrected chi connectivity index (χ3v) is 1.99. The first-order valence-electron chi connectivity index (χ1n) is 4.78. The molecule has 0 saturated carbocycles. The van der Waals surface area contributed by atoms with Crippen LogP contribution in [0.5, 0.6) is 0 Å². The van der Waals surface area contributed by atoms with Gasteiger partial charge in [-0.15, -0.1) is 6.58 Å². The first-order chi connectivity index (χ1) is 6.10. The van der Waals surface area contributed by atoms with Crippen LogP contribution < -0.4 is 0 Å². The molecule has 1 atom stereocenters. The third-order valence-electron chi connectivity index (χ3n) is 1.99. The number of allylic oxidation sites excluding steroid dienone is 3. The largest absolute Gasteiger partial charge is 0.197 e. The average Bonchev–Trinajstić information content (AvgIpc) is 2.04. The van der Waals surface area contributed by atoms with Crippen LogP contribution in [0.4, 0.5) is 0 Å². The maximum Gasteiger partial charge on any atom is 0.0790 e. The van der Waals surface area contributed by atoms with Gasteiger partial charge in [-0.1, -0.05) is 31.1 Å². The van der Waals surface area contributed by atoms with Gasteiger partial charge in [0.25, 0.3) is 0 Å². The molecule has 0 aliphatic carbocycles. The summed E-state index contributed by atoms with van der Waals surface area (Å²) in [6.45, 7) is 9.87. The second-order valence-electron chi connectivity index (χ2n) is 3.73. The van der Waals surface area contributed by atoms with E-state index in [1.54, 1.807) is 0 Å². The van der Waals surface area contributed by atoms with E-state index < -0.39 is 0 Å². The Morgan fingerprint density at radius 2 is 2.15 bits per heavy atom. The van der Waals surface area contributed by atoms with Gasteiger partial charge in [-0.2, -0.15) is 5.26 Å². The van der Waals surface area contributed by atoms with Gasteiger partial charge in [0.2, 0.25) is 0 Å². The fourth-order valence-electron chi connectivity index (χ4n) is 1.62. The predicted molar refractivity (Wildman–Crippen MR) is 57.2 cm³/mol. The molecule has 0 spiro atoms. The Bertz CT molecular complexity index is 228. The summed E-state index contributed by atoms with van der Waals surface area (Å²) < 4.78 is 0. The van der Waals surface area contributed by atoms with Gasteiger partial charge in [-0.05, 0) is 26.7 Å². The first kappa shape index (κ1) is 12.0. The van der Waals surface area contributed by atoms with Gasteiger partial charge in [0.1, 0.15) is 0 Å². The molecule has 0 aromatic heterocycles. The Morgan fingerprint density at radius 1 is 1.54 bits per heavy atom. The highest BCUT2D eigenvalue weighted by Crippen LogP contribution is 2.30. The van der Waals surface area contributed by atoms with Crippen LogP contribution in [0.1, 0.15) is 40.0 Å². The molecule has 0 bridgehead atoms. The lowest BCUT2D eigenvalue weighted by atomic mass is 9.80. The monoisotopic (exact) mass is 177 g/mol. The van der Waals surface area contributed by atoms with Crippen molar-refractivity contribution in [3.05, 3.63) is 24.3 Å². The van der Waals surface area contributed by atoms with Crippen LogP contribution in [-0.2, 0) is 0 Å². The lowest BCUT2D eigenvalue weighted by Gasteiger charge is -2.21. The molecule has 1 heteroatoms. The van der Waals surface area contributed by atoms with Crippen LogP contribution in [0.25, 0.3) is 0 Å². The maximum absolute atomic E-state index is 9.15. The zero-order valence-corrected chi connectivity index (χ0v) is 8.93. The molecule has 1 nitrogen and oxygen atoms in total. The van der Waals surface area contributed by atoms with E-state index in [9.17, 15) is 0 Å². The van der Waals surface area contributed by atoms with Crippen molar-refractivity contribution in [1.29, 1.82) is 5.26 Å². The Hall–Kier alpha value is -1.03. The molecule has 0 radical (unpaired) electrons. The summed E-state index contributed by atoms with van der Waals surface area (Å²) in [5.74, 6) is 0. The Labute approximate surface area is 81.8 Å². The topological polar surface area (TPSA) is 23.8 Å². The smallest absolute Gasteiger partial charge is 0.0790 e. The van der Waals surface area contributed by atoms with E-state index in [0.717, 1.165) is 19.3 Å². The average molecular weight is 177 g/mol. The van der Waals surface area contributed by atoms with Crippen molar-refractivity contribution in [2.45, 2.75) is 40.0 Å². The van der Waals surface area contributed by atoms with Crippen LogP contribution in [0.2, 0.25) is 0 Å². The Kier molecular flexibility index (Phi) is 5.14. The first-order valence-corrected chi connectivity index (χ1v) is 4.78. The normalized spacial score (nSPS) is 14.0. The van der Waals surface area contributed by atoms with Gasteiger partial charge >= 0.3 is 0 Å². The number of hydrogen-bond acceptors (Lipinski definition) is 1. The molecule has 0 aliphatic rings. The van der Waals surface area contributed by atoms with Crippen LogP contribution in [0.3, 0.4) is 0 Å². The highest BCUT2D eigenvalue weighted by molar-refractivity contribution is 5.17. The van der Waals surface area contributed by atoms with E-state index in [4.69, 9.17) is 5.26 Å². The SMILES string of the molecule is C=CCC(C#N)(C=C(C)C)CCC. The predicted octanol–water partition coefficient (Wildman–Crippen LogP) is 3.84. The third kappa shape index (κ3) is 3.94. The van der Waals surface area contributed by atoms with Gasteiger partial charge in [-0.25, -0.2) is 0 Å². The maximum atomic E-state index is 9.15. The molecular formula is C12H19N. The molecule has 1 unspecified atom stereocenters. The minimum absolute atomic E-state index is 0.310. The van der Waals surface area contributed by atoms with E-state index in [1.807, 2.05) is 19.9 Å². The summed E-state index contributed by atoms with van der Waals surface area (Å²) in [5, 5.41) is 9.15. The van der Waals surface area contributed by atoms with Crippen molar-refractivity contribution < 1.29 is 0 Å². The van der Waals surface area contributed by atoms with Crippen molar-refractivity contribution >= 4 is 0 Å². The van der Waals surface area contributed by atoms with Crippen molar-refractivity contribution in [2.24, 2.45) is 5.41 Å². The summed E-state index contributed by atoms with van der Waals surface area (Å²) in [6, 6.07) is 2.40. The van der Waals surface area contributed by atoms with E-state index in [-0.39, 0.29) is 5.41 Å². The van der Waals surface area contributed by atoms with Crippen LogP contribution in [0.15, 0.2) is 24.3 Å². The standard InChI is InChI=1S/C12H19N/c1-5-7-12(10-13,8-6-2)9-11(3)4/h5,9H,1,6-8H2,2-4H3. The summed E-state index contributed by atoms with van der Waals surface area (Å²) >= 11 is 0. The summed E-state index contributed by atoms with van der Waals surface area (Å²) in [6.07, 6.45) is 6.60. The van der Waals surface area contributed by atoms with Crippen molar-refractivity contribution in [1.82, 2.24) is 0 Å². The molecule has 0 aliphatic heterocycles. The highest BCUT2D eigenvalue weighted by Gasteiger charge is 2.24. The van der Waals surface area contributed by atoms with E-state index in [2.05, 4.69) is 25.6 Å². The fourth-order valence-corrected chi connectivity index (χ4v) is 1.62. The van der Waals surface area contributed by atoms with Crippen molar-refractivity contribution in [3.63, 3.8) is 0 Å². The summed E-state index contributed by atoms with van der Waals surface area (Å²) in [4.78, 5) is 0. The number of nitriles is 1. The molecule has 0 amide bonds. The van der Waals surface area contributed by atoms with Gasteiger partial charge in [0.05, 0.1) is 11.5 Å². The van der Waals surface area contributed by atoms with Crippen molar-refractivity contribution in [2.75, 3.05) is 0 Å². The summed E-state index contributed by atoms with van der Waals surface area (Å²) in [7, 11) is 0. The second-order valence-corrected chi connectivity index (χ2v) is 3.73. The van der Waals surface area contributed by atoms with E-state index in [1.165, 1.54) is 5.57 Å². The van der Waals surface area contributed by atoms with Crippen molar-refractivity contribution in [3.8, 4) is 6.07 Å². The lowest BCUT2D eigenvalue weighted by Crippen LogP contribution is -2.14. The van der Waals surface area contributed by atoms with Crippen LogP contribution in [-0.4, -0.2) is 0 Å². The molecule has 0 saturated heterocycles.